The third-order valence-electron chi connectivity index (χ3n) is 3.73. The highest BCUT2D eigenvalue weighted by molar-refractivity contribution is 5.06. The largest absolute Gasteiger partial charge is 0.396 e. The summed E-state index contributed by atoms with van der Waals surface area (Å²) in [5, 5.41) is 12.8. The molecule has 2 heteroatoms. The van der Waals surface area contributed by atoms with Crippen LogP contribution >= 0.6 is 0 Å². The molecular formula is C14H27NO. The quantitative estimate of drug-likeness (QED) is 0.653. The van der Waals surface area contributed by atoms with E-state index in [0.717, 1.165) is 12.3 Å². The van der Waals surface area contributed by atoms with E-state index in [4.69, 9.17) is 5.11 Å². The zero-order valence-corrected chi connectivity index (χ0v) is 10.9. The number of rotatable bonds is 7. The molecule has 2 N–H and O–H groups in total. The van der Waals surface area contributed by atoms with E-state index in [-0.39, 0.29) is 6.61 Å². The summed E-state index contributed by atoms with van der Waals surface area (Å²) in [6.07, 6.45) is 9.15. The molecule has 0 radical (unpaired) electrons. The Labute approximate surface area is 100 Å². The lowest BCUT2D eigenvalue weighted by Crippen LogP contribution is -2.37. The zero-order valence-electron chi connectivity index (χ0n) is 10.9. The molecule has 0 saturated carbocycles. The lowest BCUT2D eigenvalue weighted by Gasteiger charge is -2.24. The van der Waals surface area contributed by atoms with Gasteiger partial charge in [-0.15, -0.1) is 0 Å². The number of aliphatic hydroxyl groups excluding tert-OH is 1. The standard InChI is InChI=1S/C14H27NO/c1-4-11(3)8-13(5-2)15-14-7-6-12(9-14)10-16/h6-7,11-16H,4-5,8-10H2,1-3H3/t11?,12-,13?,14+/m0/s1. The van der Waals surface area contributed by atoms with Gasteiger partial charge in [-0.1, -0.05) is 39.3 Å². The average molecular weight is 225 g/mol. The third-order valence-corrected chi connectivity index (χ3v) is 3.73. The predicted molar refractivity (Wildman–Crippen MR) is 69.4 cm³/mol. The van der Waals surface area contributed by atoms with E-state index in [9.17, 15) is 0 Å². The summed E-state index contributed by atoms with van der Waals surface area (Å²) >= 11 is 0. The Morgan fingerprint density at radius 1 is 1.31 bits per heavy atom. The summed E-state index contributed by atoms with van der Waals surface area (Å²) in [4.78, 5) is 0. The highest BCUT2D eigenvalue weighted by atomic mass is 16.3. The number of hydrogen-bond donors (Lipinski definition) is 2. The second kappa shape index (κ2) is 7.08. The van der Waals surface area contributed by atoms with Crippen molar-refractivity contribution in [2.24, 2.45) is 11.8 Å². The van der Waals surface area contributed by atoms with Gasteiger partial charge in [0.1, 0.15) is 0 Å². The summed E-state index contributed by atoms with van der Waals surface area (Å²) in [6, 6.07) is 1.10. The molecule has 16 heavy (non-hydrogen) atoms. The summed E-state index contributed by atoms with van der Waals surface area (Å²) in [7, 11) is 0. The van der Waals surface area contributed by atoms with Crippen LogP contribution in [0.15, 0.2) is 12.2 Å². The Morgan fingerprint density at radius 3 is 2.56 bits per heavy atom. The van der Waals surface area contributed by atoms with E-state index in [1.807, 2.05) is 0 Å². The van der Waals surface area contributed by atoms with Gasteiger partial charge < -0.3 is 10.4 Å². The Bertz CT molecular complexity index is 215. The van der Waals surface area contributed by atoms with Gasteiger partial charge in [0.25, 0.3) is 0 Å². The van der Waals surface area contributed by atoms with E-state index in [1.54, 1.807) is 0 Å². The molecule has 0 aliphatic heterocycles. The van der Waals surface area contributed by atoms with E-state index in [2.05, 4.69) is 38.2 Å². The molecule has 1 aliphatic carbocycles. The van der Waals surface area contributed by atoms with Crippen molar-refractivity contribution in [2.45, 2.75) is 58.5 Å². The van der Waals surface area contributed by atoms with Gasteiger partial charge in [0.2, 0.25) is 0 Å². The molecule has 2 nitrogen and oxygen atoms in total. The molecule has 0 aromatic rings. The van der Waals surface area contributed by atoms with Crippen molar-refractivity contribution in [3.8, 4) is 0 Å². The molecular weight excluding hydrogens is 198 g/mol. The molecule has 2 unspecified atom stereocenters. The molecule has 0 fully saturated rings. The van der Waals surface area contributed by atoms with Crippen molar-refractivity contribution >= 4 is 0 Å². The molecule has 0 amide bonds. The number of aliphatic hydroxyl groups is 1. The van der Waals surface area contributed by atoms with Gasteiger partial charge in [0, 0.05) is 24.6 Å². The van der Waals surface area contributed by atoms with Crippen LogP contribution in [0.25, 0.3) is 0 Å². The minimum Gasteiger partial charge on any atom is -0.396 e. The van der Waals surface area contributed by atoms with Crippen LogP contribution in [0.5, 0.6) is 0 Å². The monoisotopic (exact) mass is 225 g/mol. The van der Waals surface area contributed by atoms with Crippen molar-refractivity contribution in [1.82, 2.24) is 5.32 Å². The van der Waals surface area contributed by atoms with Crippen LogP contribution in [0.3, 0.4) is 0 Å². The highest BCUT2D eigenvalue weighted by Gasteiger charge is 2.20. The molecule has 1 rings (SSSR count). The van der Waals surface area contributed by atoms with Gasteiger partial charge in [-0.05, 0) is 25.2 Å². The van der Waals surface area contributed by atoms with Crippen molar-refractivity contribution in [2.75, 3.05) is 6.61 Å². The molecule has 0 aromatic carbocycles. The van der Waals surface area contributed by atoms with Crippen LogP contribution in [-0.4, -0.2) is 23.8 Å². The Morgan fingerprint density at radius 2 is 2.06 bits per heavy atom. The fourth-order valence-electron chi connectivity index (χ4n) is 2.34. The van der Waals surface area contributed by atoms with E-state index < -0.39 is 0 Å². The van der Waals surface area contributed by atoms with Gasteiger partial charge in [-0.3, -0.25) is 0 Å². The van der Waals surface area contributed by atoms with Crippen LogP contribution in [-0.2, 0) is 0 Å². The van der Waals surface area contributed by atoms with Gasteiger partial charge in [0.05, 0.1) is 0 Å². The molecule has 94 valence electrons. The summed E-state index contributed by atoms with van der Waals surface area (Å²) in [5.74, 6) is 1.18. The Kier molecular flexibility index (Phi) is 6.07. The molecule has 0 saturated heterocycles. The SMILES string of the molecule is CCC(C)CC(CC)N[C@@H]1C=C[C@H](CO)C1. The smallest absolute Gasteiger partial charge is 0.0494 e. The molecule has 1 aliphatic rings. The van der Waals surface area contributed by atoms with E-state index in [0.29, 0.717) is 18.0 Å². The number of nitrogens with one attached hydrogen (secondary N) is 1. The maximum Gasteiger partial charge on any atom is 0.0494 e. The topological polar surface area (TPSA) is 32.3 Å². The molecule has 4 atom stereocenters. The summed E-state index contributed by atoms with van der Waals surface area (Å²) in [5.41, 5.74) is 0. The van der Waals surface area contributed by atoms with E-state index >= 15 is 0 Å². The van der Waals surface area contributed by atoms with Crippen LogP contribution < -0.4 is 5.32 Å². The first-order valence-electron chi connectivity index (χ1n) is 6.74. The molecule has 0 spiro atoms. The molecule has 0 aromatic heterocycles. The summed E-state index contributed by atoms with van der Waals surface area (Å²) in [6.45, 7) is 7.12. The maximum absolute atomic E-state index is 9.08. The first-order chi connectivity index (χ1) is 7.69. The average Bonchev–Trinajstić information content (AvgIpc) is 2.75. The van der Waals surface area contributed by atoms with Crippen molar-refractivity contribution in [3.05, 3.63) is 12.2 Å². The van der Waals surface area contributed by atoms with Gasteiger partial charge in [0.15, 0.2) is 0 Å². The third kappa shape index (κ3) is 4.26. The Balaban J connectivity index is 2.31. The Hall–Kier alpha value is -0.340. The zero-order chi connectivity index (χ0) is 12.0. The van der Waals surface area contributed by atoms with Crippen molar-refractivity contribution in [1.29, 1.82) is 0 Å². The van der Waals surface area contributed by atoms with Crippen LogP contribution in [0, 0.1) is 11.8 Å². The van der Waals surface area contributed by atoms with Crippen LogP contribution in [0.1, 0.15) is 46.5 Å². The molecule has 0 heterocycles. The second-order valence-corrected chi connectivity index (χ2v) is 5.19. The first-order valence-corrected chi connectivity index (χ1v) is 6.74. The maximum atomic E-state index is 9.08. The number of hydrogen-bond acceptors (Lipinski definition) is 2. The van der Waals surface area contributed by atoms with Gasteiger partial charge >= 0.3 is 0 Å². The fourth-order valence-corrected chi connectivity index (χ4v) is 2.34. The van der Waals surface area contributed by atoms with E-state index in [1.165, 1.54) is 19.3 Å². The minimum absolute atomic E-state index is 0.289. The fraction of sp³-hybridized carbons (Fsp3) is 0.857. The molecule has 0 bridgehead atoms. The van der Waals surface area contributed by atoms with Crippen molar-refractivity contribution in [3.63, 3.8) is 0 Å². The van der Waals surface area contributed by atoms with Gasteiger partial charge in [-0.2, -0.15) is 0 Å². The normalized spacial score (nSPS) is 28.2. The predicted octanol–water partition coefficient (Wildman–Crippen LogP) is 2.73. The van der Waals surface area contributed by atoms with Gasteiger partial charge in [-0.25, -0.2) is 0 Å². The van der Waals surface area contributed by atoms with Crippen LogP contribution in [0.2, 0.25) is 0 Å². The highest BCUT2D eigenvalue weighted by Crippen LogP contribution is 2.19. The lowest BCUT2D eigenvalue weighted by atomic mass is 9.97. The second-order valence-electron chi connectivity index (χ2n) is 5.19. The lowest BCUT2D eigenvalue weighted by molar-refractivity contribution is 0.242. The first kappa shape index (κ1) is 13.7. The summed E-state index contributed by atoms with van der Waals surface area (Å²) < 4.78 is 0. The van der Waals surface area contributed by atoms with Crippen molar-refractivity contribution < 1.29 is 5.11 Å². The minimum atomic E-state index is 0.289. The van der Waals surface area contributed by atoms with Crippen LogP contribution in [0.4, 0.5) is 0 Å².